The van der Waals surface area contributed by atoms with Gasteiger partial charge in [-0.05, 0) is 37.1 Å². The lowest BCUT2D eigenvalue weighted by Crippen LogP contribution is -2.23. The van der Waals surface area contributed by atoms with Crippen LogP contribution in [0.3, 0.4) is 0 Å². The van der Waals surface area contributed by atoms with Gasteiger partial charge in [-0.25, -0.2) is 13.8 Å². The molecule has 0 aliphatic heterocycles. The van der Waals surface area contributed by atoms with E-state index in [0.717, 1.165) is 35.6 Å². The van der Waals surface area contributed by atoms with Gasteiger partial charge in [-0.3, -0.25) is 0 Å². The lowest BCUT2D eigenvalue weighted by Gasteiger charge is -2.24. The van der Waals surface area contributed by atoms with E-state index in [4.69, 9.17) is 0 Å². The minimum absolute atomic E-state index is 0.144. The first-order valence-electron chi connectivity index (χ1n) is 8.94. The second-order valence-corrected chi connectivity index (χ2v) is 6.64. The van der Waals surface area contributed by atoms with Gasteiger partial charge in [0.25, 0.3) is 0 Å². The highest BCUT2D eigenvalue weighted by molar-refractivity contribution is 5.90. The number of hydrogen-bond acceptors (Lipinski definition) is 4. The van der Waals surface area contributed by atoms with Gasteiger partial charge in [0.2, 0.25) is 5.95 Å². The highest BCUT2D eigenvalue weighted by atomic mass is 19.1. The van der Waals surface area contributed by atoms with Crippen LogP contribution in [0.15, 0.2) is 42.5 Å². The van der Waals surface area contributed by atoms with Crippen molar-refractivity contribution in [3.63, 3.8) is 0 Å². The third-order valence-corrected chi connectivity index (χ3v) is 4.73. The SMILES string of the molecule is Fc1ccc(Nc2nc(NC3CCCCC3)c3ccccc3n2)c(F)c1. The summed E-state index contributed by atoms with van der Waals surface area (Å²) in [6, 6.07) is 11.5. The number of hydrogen-bond donors (Lipinski definition) is 2. The Hall–Kier alpha value is -2.76. The molecule has 1 fully saturated rings. The summed E-state index contributed by atoms with van der Waals surface area (Å²) in [6.45, 7) is 0. The van der Waals surface area contributed by atoms with Gasteiger partial charge in [-0.1, -0.05) is 31.4 Å². The van der Waals surface area contributed by atoms with Crippen molar-refractivity contribution >= 4 is 28.4 Å². The monoisotopic (exact) mass is 354 g/mol. The van der Waals surface area contributed by atoms with Crippen LogP contribution in [0.25, 0.3) is 10.9 Å². The molecule has 6 heteroatoms. The minimum Gasteiger partial charge on any atom is -0.367 e. The van der Waals surface area contributed by atoms with E-state index in [-0.39, 0.29) is 11.6 Å². The number of anilines is 3. The average molecular weight is 354 g/mol. The van der Waals surface area contributed by atoms with Crippen LogP contribution in [0, 0.1) is 11.6 Å². The maximum Gasteiger partial charge on any atom is 0.229 e. The van der Waals surface area contributed by atoms with Crippen molar-refractivity contribution in [2.75, 3.05) is 10.6 Å². The molecule has 4 rings (SSSR count). The topological polar surface area (TPSA) is 49.8 Å². The molecule has 26 heavy (non-hydrogen) atoms. The van der Waals surface area contributed by atoms with E-state index >= 15 is 0 Å². The molecule has 1 heterocycles. The van der Waals surface area contributed by atoms with Gasteiger partial charge in [0.15, 0.2) is 0 Å². The smallest absolute Gasteiger partial charge is 0.229 e. The first-order chi connectivity index (χ1) is 12.7. The zero-order valence-electron chi connectivity index (χ0n) is 14.3. The normalized spacial score (nSPS) is 15.2. The minimum atomic E-state index is -0.677. The third kappa shape index (κ3) is 3.59. The van der Waals surface area contributed by atoms with E-state index < -0.39 is 11.6 Å². The molecule has 0 spiro atoms. The number of nitrogens with one attached hydrogen (secondary N) is 2. The van der Waals surface area contributed by atoms with E-state index in [2.05, 4.69) is 20.6 Å². The summed E-state index contributed by atoms with van der Waals surface area (Å²) in [5.41, 5.74) is 0.913. The van der Waals surface area contributed by atoms with Crippen molar-refractivity contribution < 1.29 is 8.78 Å². The van der Waals surface area contributed by atoms with E-state index in [1.807, 2.05) is 24.3 Å². The van der Waals surface area contributed by atoms with E-state index in [1.165, 1.54) is 31.4 Å². The summed E-state index contributed by atoms with van der Waals surface area (Å²) in [5.74, 6) is -0.268. The van der Waals surface area contributed by atoms with Crippen molar-refractivity contribution in [3.8, 4) is 0 Å². The van der Waals surface area contributed by atoms with Gasteiger partial charge in [0.05, 0.1) is 11.2 Å². The van der Waals surface area contributed by atoms with E-state index in [1.54, 1.807) is 0 Å². The molecule has 1 aromatic heterocycles. The van der Waals surface area contributed by atoms with Crippen LogP contribution >= 0.6 is 0 Å². The molecular weight excluding hydrogens is 334 g/mol. The van der Waals surface area contributed by atoms with Gasteiger partial charge in [-0.2, -0.15) is 4.98 Å². The maximum absolute atomic E-state index is 13.9. The molecule has 0 atom stereocenters. The first kappa shape index (κ1) is 16.7. The molecule has 0 amide bonds. The molecule has 0 bridgehead atoms. The van der Waals surface area contributed by atoms with Crippen molar-refractivity contribution in [2.24, 2.45) is 0 Å². The summed E-state index contributed by atoms with van der Waals surface area (Å²) in [4.78, 5) is 9.03. The predicted molar refractivity (Wildman–Crippen MR) is 99.7 cm³/mol. The fraction of sp³-hybridized carbons (Fsp3) is 0.300. The second-order valence-electron chi connectivity index (χ2n) is 6.64. The summed E-state index contributed by atoms with van der Waals surface area (Å²) in [6.07, 6.45) is 5.94. The molecule has 2 N–H and O–H groups in total. The quantitative estimate of drug-likeness (QED) is 0.659. The van der Waals surface area contributed by atoms with Gasteiger partial charge in [0, 0.05) is 17.5 Å². The van der Waals surface area contributed by atoms with Crippen LogP contribution < -0.4 is 10.6 Å². The van der Waals surface area contributed by atoms with Crippen LogP contribution in [0.4, 0.5) is 26.2 Å². The molecule has 0 radical (unpaired) electrons. The van der Waals surface area contributed by atoms with Crippen molar-refractivity contribution in [1.29, 1.82) is 0 Å². The Balaban J connectivity index is 1.68. The molecule has 1 aliphatic rings. The standard InChI is InChI=1S/C20H20F2N4/c21-13-10-11-18(16(22)12-13)25-20-24-17-9-5-4-8-15(17)19(26-20)23-14-6-2-1-3-7-14/h4-5,8-12,14H,1-3,6-7H2,(H2,23,24,25,26). The number of para-hydroxylation sites is 1. The molecule has 1 saturated carbocycles. The first-order valence-corrected chi connectivity index (χ1v) is 8.94. The van der Waals surface area contributed by atoms with E-state index in [0.29, 0.717) is 6.04 Å². The molecule has 1 aliphatic carbocycles. The van der Waals surface area contributed by atoms with Crippen LogP contribution in [0.5, 0.6) is 0 Å². The maximum atomic E-state index is 13.9. The number of fused-ring (bicyclic) bond motifs is 1. The predicted octanol–water partition coefficient (Wildman–Crippen LogP) is 5.40. The van der Waals surface area contributed by atoms with Gasteiger partial charge >= 0.3 is 0 Å². The Morgan fingerprint density at radius 2 is 1.73 bits per heavy atom. The zero-order chi connectivity index (χ0) is 17.9. The molecule has 0 saturated heterocycles. The summed E-state index contributed by atoms with van der Waals surface area (Å²) >= 11 is 0. The molecule has 3 aromatic rings. The summed E-state index contributed by atoms with van der Waals surface area (Å²) in [7, 11) is 0. The summed E-state index contributed by atoms with van der Waals surface area (Å²) < 4.78 is 27.1. The van der Waals surface area contributed by atoms with Gasteiger partial charge < -0.3 is 10.6 Å². The molecule has 2 aromatic carbocycles. The van der Waals surface area contributed by atoms with E-state index in [9.17, 15) is 8.78 Å². The number of halogens is 2. The van der Waals surface area contributed by atoms with Crippen LogP contribution in [0.2, 0.25) is 0 Å². The number of benzene rings is 2. The largest absolute Gasteiger partial charge is 0.367 e. The molecule has 134 valence electrons. The Labute approximate surface area is 150 Å². The lowest BCUT2D eigenvalue weighted by molar-refractivity contribution is 0.462. The second kappa shape index (κ2) is 7.23. The van der Waals surface area contributed by atoms with Crippen molar-refractivity contribution in [2.45, 2.75) is 38.1 Å². The van der Waals surface area contributed by atoms with Crippen molar-refractivity contribution in [1.82, 2.24) is 9.97 Å². The van der Waals surface area contributed by atoms with Crippen LogP contribution in [0.1, 0.15) is 32.1 Å². The average Bonchev–Trinajstić information content (AvgIpc) is 2.65. The lowest BCUT2D eigenvalue weighted by atomic mass is 9.95. The number of aromatic nitrogens is 2. The Kier molecular flexibility index (Phi) is 4.65. The number of nitrogens with zero attached hydrogens (tertiary/aromatic N) is 2. The van der Waals surface area contributed by atoms with Gasteiger partial charge in [0.1, 0.15) is 17.5 Å². The van der Waals surface area contributed by atoms with Crippen LogP contribution in [-0.2, 0) is 0 Å². The Morgan fingerprint density at radius 1 is 0.923 bits per heavy atom. The third-order valence-electron chi connectivity index (χ3n) is 4.73. The number of rotatable bonds is 4. The highest BCUT2D eigenvalue weighted by Gasteiger charge is 2.16. The highest BCUT2D eigenvalue weighted by Crippen LogP contribution is 2.28. The summed E-state index contributed by atoms with van der Waals surface area (Å²) in [5, 5.41) is 7.33. The zero-order valence-corrected chi connectivity index (χ0v) is 14.3. The fourth-order valence-corrected chi connectivity index (χ4v) is 3.39. The van der Waals surface area contributed by atoms with Crippen LogP contribution in [-0.4, -0.2) is 16.0 Å². The van der Waals surface area contributed by atoms with Gasteiger partial charge in [-0.15, -0.1) is 0 Å². The van der Waals surface area contributed by atoms with Crippen molar-refractivity contribution in [3.05, 3.63) is 54.1 Å². The Morgan fingerprint density at radius 3 is 2.54 bits per heavy atom. The molecular formula is C20H20F2N4. The molecule has 0 unspecified atom stereocenters. The fourth-order valence-electron chi connectivity index (χ4n) is 3.39. The Bertz CT molecular complexity index is 923. The molecule has 4 nitrogen and oxygen atoms in total.